The van der Waals surface area contributed by atoms with Gasteiger partial charge in [-0.05, 0) is 92.3 Å². The molecule has 0 unspecified atom stereocenters. The fourth-order valence-corrected chi connectivity index (χ4v) is 17.0. The standard InChI is InChI=1S/C47H54O8P/c1-31(2)45-40(54-45)41-47(55-41)43(3)26-25-35-36(29-51-42(35)49)37(43)28-38-46(47,53-38)44(45,50)30-52-39(48)24-16-5-4-6-17-27-56(32-18-10-7-11-19-32,33-20-12-8-13-21-33)34-22-14-9-15-23-34/h7-15,18-23,31,37-38,40-41,50H,4-6,16-17,24-30H2,1-3H3/q+1/t37-,38-,40-,41-,43-,44-,45-,46+,47+/m0/s1. The van der Waals surface area contributed by atoms with Crippen molar-refractivity contribution in [3.8, 4) is 0 Å². The van der Waals surface area contributed by atoms with Gasteiger partial charge < -0.3 is 28.8 Å². The molecule has 2 spiro atoms. The van der Waals surface area contributed by atoms with E-state index in [1.165, 1.54) is 15.9 Å². The monoisotopic (exact) mass is 777 g/mol. The average molecular weight is 778 g/mol. The van der Waals surface area contributed by atoms with E-state index in [1.807, 2.05) is 0 Å². The lowest BCUT2D eigenvalue weighted by atomic mass is 9.44. The van der Waals surface area contributed by atoms with E-state index in [1.54, 1.807) is 0 Å². The number of fused-ring (bicyclic) bond motifs is 4. The van der Waals surface area contributed by atoms with Gasteiger partial charge in [0.2, 0.25) is 0 Å². The zero-order valence-electron chi connectivity index (χ0n) is 32.8. The van der Waals surface area contributed by atoms with Crippen molar-refractivity contribution in [2.75, 3.05) is 19.4 Å². The lowest BCUT2D eigenvalue weighted by Crippen LogP contribution is -2.76. The molecule has 0 aromatic heterocycles. The Balaban J connectivity index is 0.789. The Bertz CT molecular complexity index is 1960. The minimum absolute atomic E-state index is 0.0449. The third kappa shape index (κ3) is 4.77. The van der Waals surface area contributed by atoms with Gasteiger partial charge in [-0.2, -0.15) is 0 Å². The van der Waals surface area contributed by atoms with E-state index in [4.69, 9.17) is 23.7 Å². The molecule has 10 rings (SSSR count). The Morgan fingerprint density at radius 2 is 1.43 bits per heavy atom. The van der Waals surface area contributed by atoms with Crippen molar-refractivity contribution in [1.82, 2.24) is 0 Å². The lowest BCUT2D eigenvalue weighted by Gasteiger charge is -2.56. The molecule has 3 aromatic carbocycles. The Hall–Kier alpha value is -3.39. The number of ether oxygens (including phenoxy) is 5. The molecule has 5 fully saturated rings. The molecule has 0 bridgehead atoms. The van der Waals surface area contributed by atoms with Gasteiger partial charge in [-0.1, -0.05) is 88.2 Å². The number of benzene rings is 3. The molecule has 8 nitrogen and oxygen atoms in total. The smallest absolute Gasteiger partial charge is 0.334 e. The summed E-state index contributed by atoms with van der Waals surface area (Å²) in [7, 11) is -1.85. The molecule has 294 valence electrons. The highest BCUT2D eigenvalue weighted by molar-refractivity contribution is 7.95. The van der Waals surface area contributed by atoms with Crippen molar-refractivity contribution in [3.05, 3.63) is 102 Å². The van der Waals surface area contributed by atoms with Crippen LogP contribution in [0.2, 0.25) is 0 Å². The summed E-state index contributed by atoms with van der Waals surface area (Å²) in [4.78, 5) is 26.0. The first-order valence-electron chi connectivity index (χ1n) is 21.0. The molecule has 2 saturated carbocycles. The van der Waals surface area contributed by atoms with Crippen LogP contribution in [0.15, 0.2) is 102 Å². The molecule has 9 atom stereocenters. The van der Waals surface area contributed by atoms with E-state index in [2.05, 4.69) is 112 Å². The molecular weight excluding hydrogens is 723 g/mol. The molecule has 4 aliphatic heterocycles. The number of aliphatic hydroxyl groups is 1. The first kappa shape index (κ1) is 36.9. The van der Waals surface area contributed by atoms with Gasteiger partial charge in [0.25, 0.3) is 0 Å². The topological polar surface area (TPSA) is 110 Å². The quantitative estimate of drug-likeness (QED) is 0.0874. The van der Waals surface area contributed by atoms with Gasteiger partial charge in [0.15, 0.2) is 11.2 Å². The average Bonchev–Trinajstić information content (AvgIpc) is 4.15. The first-order chi connectivity index (χ1) is 27.1. The number of carbonyl (C=O) groups is 2. The minimum atomic E-state index is -1.85. The second-order valence-corrected chi connectivity index (χ2v) is 21.6. The van der Waals surface area contributed by atoms with Gasteiger partial charge >= 0.3 is 11.9 Å². The number of hydrogen-bond acceptors (Lipinski definition) is 8. The maximum Gasteiger partial charge on any atom is 0.334 e. The van der Waals surface area contributed by atoms with Gasteiger partial charge in [0.1, 0.15) is 59.8 Å². The predicted molar refractivity (Wildman–Crippen MR) is 215 cm³/mol. The highest BCUT2D eigenvalue weighted by Gasteiger charge is 3.04. The van der Waals surface area contributed by atoms with Crippen molar-refractivity contribution < 1.29 is 38.4 Å². The van der Waals surface area contributed by atoms with Gasteiger partial charge in [-0.15, -0.1) is 0 Å². The van der Waals surface area contributed by atoms with Crippen LogP contribution in [0.1, 0.15) is 78.6 Å². The molecule has 7 aliphatic rings. The Labute approximate surface area is 330 Å². The van der Waals surface area contributed by atoms with E-state index in [-0.39, 0.29) is 54.1 Å². The second-order valence-electron chi connectivity index (χ2n) is 18.0. The SMILES string of the molecule is CC(C)[C@]12O[C@H]1[C@@H]1O[C@]13[C@]1(O[C@H]1C[C@H]1C4=C(CC[C@@]13C)C(=O)OC4)[C@]2(O)COC(=O)CCCCCCC[P+](c1ccccc1)(c1ccccc1)c1ccccc1. The van der Waals surface area contributed by atoms with Gasteiger partial charge in [-0.3, -0.25) is 4.79 Å². The third-order valence-electron chi connectivity index (χ3n) is 15.3. The highest BCUT2D eigenvalue weighted by Crippen LogP contribution is 2.85. The van der Waals surface area contributed by atoms with Gasteiger partial charge in [0.05, 0.1) is 12.3 Å². The van der Waals surface area contributed by atoms with Crippen molar-refractivity contribution in [1.29, 1.82) is 0 Å². The summed E-state index contributed by atoms with van der Waals surface area (Å²) in [5.41, 5.74) is -2.79. The number of cyclic esters (lactones) is 1. The van der Waals surface area contributed by atoms with Crippen molar-refractivity contribution in [2.24, 2.45) is 17.3 Å². The lowest BCUT2D eigenvalue weighted by molar-refractivity contribution is -0.197. The van der Waals surface area contributed by atoms with Crippen LogP contribution in [-0.4, -0.2) is 77.1 Å². The summed E-state index contributed by atoms with van der Waals surface area (Å²) < 4.78 is 31.6. The normalized spacial score (nSPS) is 37.0. The van der Waals surface area contributed by atoms with Crippen molar-refractivity contribution in [2.45, 2.75) is 119 Å². The first-order valence-corrected chi connectivity index (χ1v) is 22.9. The Kier molecular flexibility index (Phi) is 8.61. The molecule has 56 heavy (non-hydrogen) atoms. The van der Waals surface area contributed by atoms with E-state index < -0.39 is 29.7 Å². The van der Waals surface area contributed by atoms with Crippen LogP contribution in [0.5, 0.6) is 0 Å². The summed E-state index contributed by atoms with van der Waals surface area (Å²) in [5, 5.41) is 17.3. The molecule has 3 saturated heterocycles. The highest BCUT2D eigenvalue weighted by atomic mass is 31.2. The van der Waals surface area contributed by atoms with E-state index >= 15 is 0 Å². The predicted octanol–water partition coefficient (Wildman–Crippen LogP) is 6.35. The van der Waals surface area contributed by atoms with Crippen LogP contribution in [0.4, 0.5) is 0 Å². The number of hydrogen-bond donors (Lipinski definition) is 1. The fraction of sp³-hybridized carbons (Fsp3) is 0.532. The van der Waals surface area contributed by atoms with Crippen LogP contribution < -0.4 is 15.9 Å². The maximum atomic E-state index is 13.4. The van der Waals surface area contributed by atoms with Crippen molar-refractivity contribution in [3.63, 3.8) is 0 Å². The summed E-state index contributed by atoms with van der Waals surface area (Å²) >= 11 is 0. The fourth-order valence-electron chi connectivity index (χ4n) is 12.6. The zero-order chi connectivity index (χ0) is 38.6. The third-order valence-corrected chi connectivity index (χ3v) is 19.8. The number of rotatable bonds is 14. The summed E-state index contributed by atoms with van der Waals surface area (Å²) in [5.74, 6) is -0.479. The largest absolute Gasteiger partial charge is 0.462 e. The van der Waals surface area contributed by atoms with Crippen LogP contribution in [0, 0.1) is 17.3 Å². The Morgan fingerprint density at radius 3 is 2.05 bits per heavy atom. The van der Waals surface area contributed by atoms with Crippen LogP contribution >= 0.6 is 7.26 Å². The molecule has 3 aromatic rings. The van der Waals surface area contributed by atoms with Crippen LogP contribution in [0.25, 0.3) is 0 Å². The van der Waals surface area contributed by atoms with Crippen molar-refractivity contribution >= 4 is 35.1 Å². The molecule has 9 heteroatoms. The van der Waals surface area contributed by atoms with E-state index in [0.717, 1.165) is 55.8 Å². The molecular formula is C47H54O8P+. The Morgan fingerprint density at radius 1 is 0.821 bits per heavy atom. The van der Waals surface area contributed by atoms with Gasteiger partial charge in [0, 0.05) is 17.4 Å². The second kappa shape index (κ2) is 13.1. The summed E-state index contributed by atoms with van der Waals surface area (Å²) in [6.07, 6.45) is 7.52. The molecule has 0 radical (unpaired) electrons. The molecule has 1 N–H and O–H groups in total. The van der Waals surface area contributed by atoms with E-state index in [9.17, 15) is 14.7 Å². The number of carbonyl (C=O) groups excluding carboxylic acids is 2. The van der Waals surface area contributed by atoms with Crippen LogP contribution in [-0.2, 0) is 33.3 Å². The molecule has 0 amide bonds. The van der Waals surface area contributed by atoms with Gasteiger partial charge in [-0.25, -0.2) is 4.79 Å². The summed E-state index contributed by atoms with van der Waals surface area (Å²) in [6.45, 7) is 6.51. The number of epoxide rings is 3. The minimum Gasteiger partial charge on any atom is -0.462 e. The summed E-state index contributed by atoms with van der Waals surface area (Å²) in [6, 6.07) is 33.1. The zero-order valence-corrected chi connectivity index (χ0v) is 33.7. The number of unbranched alkanes of at least 4 members (excludes halogenated alkanes) is 4. The molecule has 4 heterocycles. The number of esters is 2. The molecule has 3 aliphatic carbocycles. The maximum absolute atomic E-state index is 13.4. The van der Waals surface area contributed by atoms with E-state index in [0.29, 0.717) is 25.9 Å². The van der Waals surface area contributed by atoms with Crippen LogP contribution in [0.3, 0.4) is 0 Å².